The van der Waals surface area contributed by atoms with Crippen LogP contribution in [0, 0.1) is 6.92 Å². The van der Waals surface area contributed by atoms with Crippen molar-refractivity contribution in [2.45, 2.75) is 25.3 Å². The Morgan fingerprint density at radius 1 is 1.32 bits per heavy atom. The summed E-state index contributed by atoms with van der Waals surface area (Å²) in [6.45, 7) is 3.56. The highest BCUT2D eigenvalue weighted by Gasteiger charge is 2.28. The average Bonchev–Trinajstić information content (AvgIpc) is 3.11. The number of hydrogen-bond donors (Lipinski definition) is 1. The van der Waals surface area contributed by atoms with Crippen LogP contribution in [-0.4, -0.2) is 38.8 Å². The largest absolute Gasteiger partial charge is 0.495 e. The molecule has 0 atom stereocenters. The number of nitrogens with zero attached hydrogens (tertiary/aromatic N) is 1. The van der Waals surface area contributed by atoms with Gasteiger partial charge in [0.2, 0.25) is 15.9 Å². The number of likely N-dealkylation sites (N-methyl/N-ethyl adjacent to an activating group) is 1. The first-order valence-electron chi connectivity index (χ1n) is 7.82. The molecule has 0 aliphatic rings. The summed E-state index contributed by atoms with van der Waals surface area (Å²) in [6, 6.07) is 8.36. The van der Waals surface area contributed by atoms with Gasteiger partial charge < -0.3 is 14.5 Å². The van der Waals surface area contributed by atoms with Gasteiger partial charge in [-0.1, -0.05) is 13.0 Å². The molecule has 8 heteroatoms. The molecule has 2 aromatic rings. The molecule has 0 radical (unpaired) electrons. The zero-order valence-corrected chi connectivity index (χ0v) is 15.3. The first kappa shape index (κ1) is 19.0. The smallest absolute Gasteiger partial charge is 0.247 e. The Bertz CT molecular complexity index is 816. The summed E-state index contributed by atoms with van der Waals surface area (Å²) >= 11 is 0. The summed E-state index contributed by atoms with van der Waals surface area (Å²) in [4.78, 5) is 12.2. The number of sulfonamides is 1. The number of amides is 1. The van der Waals surface area contributed by atoms with Crippen LogP contribution in [0.1, 0.15) is 18.2 Å². The normalized spacial score (nSPS) is 11.5. The number of methoxy groups -OCH3 is 1. The van der Waals surface area contributed by atoms with Crippen molar-refractivity contribution in [2.75, 3.05) is 20.2 Å². The minimum absolute atomic E-state index is 0.0516. The van der Waals surface area contributed by atoms with Gasteiger partial charge in [-0.25, -0.2) is 8.42 Å². The number of carbonyl (C=O) groups is 1. The maximum Gasteiger partial charge on any atom is 0.247 e. The zero-order valence-electron chi connectivity index (χ0n) is 14.5. The summed E-state index contributed by atoms with van der Waals surface area (Å²) in [5.74, 6) is 0.438. The zero-order chi connectivity index (χ0) is 18.4. The van der Waals surface area contributed by atoms with E-state index in [1.807, 2.05) is 0 Å². The molecule has 2 rings (SSSR count). The highest BCUT2D eigenvalue weighted by molar-refractivity contribution is 7.89. The minimum atomic E-state index is -3.86. The number of nitrogens with one attached hydrogen (secondary N) is 1. The molecule has 1 N–H and O–H groups in total. The first-order valence-corrected chi connectivity index (χ1v) is 9.26. The molecular formula is C17H22N2O5S. The summed E-state index contributed by atoms with van der Waals surface area (Å²) in [5, 5.41) is 2.64. The van der Waals surface area contributed by atoms with E-state index < -0.39 is 15.9 Å². The van der Waals surface area contributed by atoms with Gasteiger partial charge in [0, 0.05) is 6.54 Å². The summed E-state index contributed by atoms with van der Waals surface area (Å²) in [7, 11) is -2.45. The lowest BCUT2D eigenvalue weighted by atomic mass is 10.2. The van der Waals surface area contributed by atoms with Crippen LogP contribution in [0.2, 0.25) is 0 Å². The predicted octanol–water partition coefficient (Wildman–Crippen LogP) is 1.92. The van der Waals surface area contributed by atoms with Gasteiger partial charge in [-0.05, 0) is 36.8 Å². The van der Waals surface area contributed by atoms with Crippen LogP contribution in [0.5, 0.6) is 5.75 Å². The van der Waals surface area contributed by atoms with E-state index in [-0.39, 0.29) is 30.3 Å². The Hall–Kier alpha value is -2.32. The van der Waals surface area contributed by atoms with Gasteiger partial charge in [-0.15, -0.1) is 0 Å². The third kappa shape index (κ3) is 4.61. The predicted molar refractivity (Wildman–Crippen MR) is 92.7 cm³/mol. The first-order chi connectivity index (χ1) is 11.9. The van der Waals surface area contributed by atoms with E-state index >= 15 is 0 Å². The quantitative estimate of drug-likeness (QED) is 0.771. The SMILES string of the molecule is CCN(CC(=O)NCc1ccco1)S(=O)(=O)c1cc(C)ccc1OC. The van der Waals surface area contributed by atoms with Crippen molar-refractivity contribution in [2.24, 2.45) is 0 Å². The fraction of sp³-hybridized carbons (Fsp3) is 0.353. The van der Waals surface area contributed by atoms with Crippen LogP contribution < -0.4 is 10.1 Å². The van der Waals surface area contributed by atoms with Gasteiger partial charge in [-0.2, -0.15) is 4.31 Å². The maximum atomic E-state index is 12.9. The molecule has 0 spiro atoms. The molecule has 0 saturated heterocycles. The molecule has 0 aliphatic carbocycles. The molecule has 7 nitrogen and oxygen atoms in total. The van der Waals surface area contributed by atoms with Crippen LogP contribution >= 0.6 is 0 Å². The van der Waals surface area contributed by atoms with Crippen molar-refractivity contribution >= 4 is 15.9 Å². The lowest BCUT2D eigenvalue weighted by Gasteiger charge is -2.21. The van der Waals surface area contributed by atoms with Crippen molar-refractivity contribution < 1.29 is 22.4 Å². The van der Waals surface area contributed by atoms with E-state index in [2.05, 4.69) is 5.32 Å². The molecule has 1 amide bonds. The molecule has 0 unspecified atom stereocenters. The van der Waals surface area contributed by atoms with Crippen LogP contribution in [0.25, 0.3) is 0 Å². The Balaban J connectivity index is 2.15. The Morgan fingerprint density at radius 3 is 2.68 bits per heavy atom. The van der Waals surface area contributed by atoms with E-state index in [0.717, 1.165) is 9.87 Å². The average molecular weight is 366 g/mol. The van der Waals surface area contributed by atoms with E-state index in [1.54, 1.807) is 38.1 Å². The maximum absolute atomic E-state index is 12.9. The highest BCUT2D eigenvalue weighted by Crippen LogP contribution is 2.27. The van der Waals surface area contributed by atoms with Gasteiger partial charge in [-0.3, -0.25) is 4.79 Å². The molecule has 25 heavy (non-hydrogen) atoms. The van der Waals surface area contributed by atoms with E-state index in [4.69, 9.17) is 9.15 Å². The van der Waals surface area contributed by atoms with Crippen molar-refractivity contribution in [3.05, 3.63) is 47.9 Å². The van der Waals surface area contributed by atoms with Gasteiger partial charge in [0.25, 0.3) is 0 Å². The van der Waals surface area contributed by atoms with Gasteiger partial charge in [0.1, 0.15) is 16.4 Å². The molecule has 0 saturated carbocycles. The van der Waals surface area contributed by atoms with E-state index in [0.29, 0.717) is 5.76 Å². The molecule has 1 aromatic heterocycles. The summed E-state index contributed by atoms with van der Waals surface area (Å²) < 4.78 is 37.2. The third-order valence-electron chi connectivity index (χ3n) is 3.65. The lowest BCUT2D eigenvalue weighted by molar-refractivity contribution is -0.121. The van der Waals surface area contributed by atoms with Crippen LogP contribution in [0.3, 0.4) is 0 Å². The molecule has 0 aliphatic heterocycles. The number of hydrogen-bond acceptors (Lipinski definition) is 5. The van der Waals surface area contributed by atoms with Gasteiger partial charge in [0.15, 0.2) is 0 Å². The number of carbonyl (C=O) groups excluding carboxylic acids is 1. The second kappa shape index (κ2) is 8.17. The Kier molecular flexibility index (Phi) is 6.22. The second-order valence-corrected chi connectivity index (χ2v) is 7.35. The van der Waals surface area contributed by atoms with Crippen LogP contribution in [-0.2, 0) is 21.4 Å². The minimum Gasteiger partial charge on any atom is -0.495 e. The molecular weight excluding hydrogens is 344 g/mol. The topological polar surface area (TPSA) is 88.9 Å². The molecule has 1 heterocycles. The summed E-state index contributed by atoms with van der Waals surface area (Å²) in [6.07, 6.45) is 1.51. The Morgan fingerprint density at radius 2 is 2.08 bits per heavy atom. The lowest BCUT2D eigenvalue weighted by Crippen LogP contribution is -2.40. The number of ether oxygens (including phenoxy) is 1. The number of aryl methyl sites for hydroxylation is 1. The Labute approximate surface area is 147 Å². The molecule has 0 bridgehead atoms. The number of furan rings is 1. The fourth-order valence-electron chi connectivity index (χ4n) is 2.31. The molecule has 0 fully saturated rings. The number of benzene rings is 1. The van der Waals surface area contributed by atoms with Crippen molar-refractivity contribution in [3.63, 3.8) is 0 Å². The number of rotatable bonds is 8. The van der Waals surface area contributed by atoms with Crippen molar-refractivity contribution in [1.82, 2.24) is 9.62 Å². The van der Waals surface area contributed by atoms with Crippen LogP contribution in [0.15, 0.2) is 45.9 Å². The van der Waals surface area contributed by atoms with Gasteiger partial charge >= 0.3 is 0 Å². The highest BCUT2D eigenvalue weighted by atomic mass is 32.2. The standard InChI is InChI=1S/C17H22N2O5S/c1-4-19(12-17(20)18-11-14-6-5-9-24-14)25(21,22)16-10-13(2)7-8-15(16)23-3/h5-10H,4,11-12H2,1-3H3,(H,18,20). The van der Waals surface area contributed by atoms with E-state index in [1.165, 1.54) is 19.4 Å². The van der Waals surface area contributed by atoms with Gasteiger partial charge in [0.05, 0.1) is 26.5 Å². The van der Waals surface area contributed by atoms with E-state index in [9.17, 15) is 13.2 Å². The fourth-order valence-corrected chi connectivity index (χ4v) is 3.95. The van der Waals surface area contributed by atoms with Crippen molar-refractivity contribution in [1.29, 1.82) is 0 Å². The summed E-state index contributed by atoms with van der Waals surface area (Å²) in [5.41, 5.74) is 0.790. The van der Waals surface area contributed by atoms with Crippen LogP contribution in [0.4, 0.5) is 0 Å². The molecule has 136 valence electrons. The second-order valence-electron chi connectivity index (χ2n) is 5.44. The van der Waals surface area contributed by atoms with Crippen molar-refractivity contribution in [3.8, 4) is 5.75 Å². The monoisotopic (exact) mass is 366 g/mol. The molecule has 1 aromatic carbocycles. The third-order valence-corrected chi connectivity index (χ3v) is 5.59.